The molecule has 2 fully saturated rings. The number of Topliss-reactive ketones (excluding diaryl/α,β-unsaturated/α-hetero) is 1. The number of hydrogen-bond donors (Lipinski definition) is 1. The molecule has 0 spiro atoms. The molecule has 3 nitrogen and oxygen atoms in total. The van der Waals surface area contributed by atoms with Crippen LogP contribution < -0.4 is 5.32 Å². The lowest BCUT2D eigenvalue weighted by atomic mass is 9.84. The van der Waals surface area contributed by atoms with Crippen molar-refractivity contribution >= 4 is 5.78 Å². The van der Waals surface area contributed by atoms with Crippen molar-refractivity contribution in [1.82, 2.24) is 5.32 Å². The van der Waals surface area contributed by atoms with Crippen molar-refractivity contribution < 1.29 is 9.53 Å². The summed E-state index contributed by atoms with van der Waals surface area (Å²) >= 11 is 0. The van der Waals surface area contributed by atoms with E-state index in [0.29, 0.717) is 17.7 Å². The molecule has 3 unspecified atom stereocenters. The van der Waals surface area contributed by atoms with Crippen LogP contribution in [0.15, 0.2) is 0 Å². The van der Waals surface area contributed by atoms with E-state index >= 15 is 0 Å². The van der Waals surface area contributed by atoms with Crippen LogP contribution >= 0.6 is 0 Å². The van der Waals surface area contributed by atoms with Gasteiger partial charge >= 0.3 is 0 Å². The van der Waals surface area contributed by atoms with E-state index in [1.165, 1.54) is 0 Å². The molecular formula is C12H21NO2. The molecule has 2 aliphatic heterocycles. The highest BCUT2D eigenvalue weighted by Gasteiger charge is 2.41. The number of fused-ring (bicyclic) bond motifs is 1. The molecule has 0 aromatic rings. The van der Waals surface area contributed by atoms with E-state index in [1.807, 2.05) is 20.8 Å². The van der Waals surface area contributed by atoms with Gasteiger partial charge in [0.1, 0.15) is 0 Å². The Labute approximate surface area is 91.6 Å². The molecule has 0 bridgehead atoms. The molecular weight excluding hydrogens is 190 g/mol. The molecule has 2 rings (SSSR count). The van der Waals surface area contributed by atoms with Crippen LogP contribution in [0.2, 0.25) is 0 Å². The number of carbonyl (C=O) groups excluding carboxylic acids is 1. The lowest BCUT2D eigenvalue weighted by Gasteiger charge is -2.24. The molecule has 0 aromatic heterocycles. The zero-order valence-corrected chi connectivity index (χ0v) is 9.88. The molecule has 2 saturated heterocycles. The maximum atomic E-state index is 12.1. The highest BCUT2D eigenvalue weighted by Crippen LogP contribution is 2.31. The summed E-state index contributed by atoms with van der Waals surface area (Å²) in [5, 5.41) is 3.42. The Bertz CT molecular complexity index is 243. The van der Waals surface area contributed by atoms with Crippen LogP contribution in [0.4, 0.5) is 0 Å². The van der Waals surface area contributed by atoms with Crippen molar-refractivity contribution in [2.75, 3.05) is 13.2 Å². The van der Waals surface area contributed by atoms with Gasteiger partial charge in [-0.25, -0.2) is 0 Å². The second-order valence-corrected chi connectivity index (χ2v) is 5.80. The number of carbonyl (C=O) groups is 1. The van der Waals surface area contributed by atoms with Gasteiger partial charge in [-0.2, -0.15) is 0 Å². The van der Waals surface area contributed by atoms with Crippen LogP contribution in [0.3, 0.4) is 0 Å². The van der Waals surface area contributed by atoms with Gasteiger partial charge in [-0.1, -0.05) is 20.8 Å². The molecule has 15 heavy (non-hydrogen) atoms. The summed E-state index contributed by atoms with van der Waals surface area (Å²) in [4.78, 5) is 12.1. The maximum absolute atomic E-state index is 12.1. The van der Waals surface area contributed by atoms with Gasteiger partial charge in [-0.15, -0.1) is 0 Å². The molecule has 0 aromatic carbocycles. The molecule has 0 saturated carbocycles. The average Bonchev–Trinajstić information content (AvgIpc) is 2.58. The molecule has 1 N–H and O–H groups in total. The Hall–Kier alpha value is -0.410. The third-order valence-corrected chi connectivity index (χ3v) is 3.51. The van der Waals surface area contributed by atoms with Crippen LogP contribution in [0.25, 0.3) is 0 Å². The number of ketones is 1. The van der Waals surface area contributed by atoms with Gasteiger partial charge in [0, 0.05) is 18.1 Å². The van der Waals surface area contributed by atoms with Gasteiger partial charge in [0.25, 0.3) is 0 Å². The van der Waals surface area contributed by atoms with E-state index in [1.54, 1.807) is 0 Å². The summed E-state index contributed by atoms with van der Waals surface area (Å²) in [5.41, 5.74) is -0.230. The molecule has 2 aliphatic rings. The van der Waals surface area contributed by atoms with Crippen LogP contribution in [-0.2, 0) is 9.53 Å². The van der Waals surface area contributed by atoms with Crippen molar-refractivity contribution in [3.8, 4) is 0 Å². The summed E-state index contributed by atoms with van der Waals surface area (Å²) in [6.07, 6.45) is 2.11. The van der Waals surface area contributed by atoms with E-state index in [2.05, 4.69) is 5.32 Å². The van der Waals surface area contributed by atoms with Crippen LogP contribution in [-0.4, -0.2) is 31.1 Å². The lowest BCUT2D eigenvalue weighted by molar-refractivity contribution is -0.128. The number of nitrogens with one attached hydrogen (secondary N) is 1. The summed E-state index contributed by atoms with van der Waals surface area (Å²) in [7, 11) is 0. The monoisotopic (exact) mass is 211 g/mol. The molecule has 3 heteroatoms. The van der Waals surface area contributed by atoms with Crippen molar-refractivity contribution in [2.45, 2.75) is 45.7 Å². The first-order valence-corrected chi connectivity index (χ1v) is 5.86. The maximum Gasteiger partial charge on any atom is 0.155 e. The van der Waals surface area contributed by atoms with E-state index in [4.69, 9.17) is 4.74 Å². The van der Waals surface area contributed by atoms with Crippen LogP contribution in [0, 0.1) is 11.3 Å². The van der Waals surface area contributed by atoms with E-state index in [9.17, 15) is 4.79 Å². The minimum atomic E-state index is -0.230. The van der Waals surface area contributed by atoms with Gasteiger partial charge in [0.15, 0.2) is 5.78 Å². The Morgan fingerprint density at radius 3 is 2.73 bits per heavy atom. The van der Waals surface area contributed by atoms with E-state index < -0.39 is 0 Å². The predicted octanol–water partition coefficient (Wildman–Crippen LogP) is 1.37. The minimum absolute atomic E-state index is 0.0571. The fraction of sp³-hybridized carbons (Fsp3) is 0.917. The summed E-state index contributed by atoms with van der Waals surface area (Å²) in [6.45, 7) is 7.62. The normalized spacial score (nSPS) is 36.3. The van der Waals surface area contributed by atoms with Crippen molar-refractivity contribution in [1.29, 1.82) is 0 Å². The van der Waals surface area contributed by atoms with Crippen molar-refractivity contribution in [2.24, 2.45) is 11.3 Å². The van der Waals surface area contributed by atoms with Gasteiger partial charge in [-0.05, 0) is 18.8 Å². The highest BCUT2D eigenvalue weighted by molar-refractivity contribution is 5.89. The Kier molecular flexibility index (Phi) is 2.86. The molecule has 0 radical (unpaired) electrons. The third-order valence-electron chi connectivity index (χ3n) is 3.51. The second-order valence-electron chi connectivity index (χ2n) is 5.80. The Morgan fingerprint density at radius 2 is 2.13 bits per heavy atom. The first-order valence-electron chi connectivity index (χ1n) is 5.86. The van der Waals surface area contributed by atoms with Gasteiger partial charge < -0.3 is 10.1 Å². The molecule has 3 atom stereocenters. The fourth-order valence-corrected chi connectivity index (χ4v) is 2.58. The average molecular weight is 211 g/mol. The molecule has 2 heterocycles. The van der Waals surface area contributed by atoms with E-state index in [0.717, 1.165) is 26.1 Å². The zero-order chi connectivity index (χ0) is 11.1. The third kappa shape index (κ3) is 2.23. The zero-order valence-electron chi connectivity index (χ0n) is 9.88. The van der Waals surface area contributed by atoms with Gasteiger partial charge in [-0.3, -0.25) is 4.79 Å². The summed E-state index contributed by atoms with van der Waals surface area (Å²) in [5.74, 6) is 0.993. The van der Waals surface area contributed by atoms with Crippen LogP contribution in [0.5, 0.6) is 0 Å². The fourth-order valence-electron chi connectivity index (χ4n) is 2.58. The molecule has 0 amide bonds. The topological polar surface area (TPSA) is 38.3 Å². The second kappa shape index (κ2) is 3.87. The number of ether oxygens (including phenoxy) is 1. The van der Waals surface area contributed by atoms with Crippen molar-refractivity contribution in [3.05, 3.63) is 0 Å². The van der Waals surface area contributed by atoms with Crippen molar-refractivity contribution in [3.63, 3.8) is 0 Å². The highest BCUT2D eigenvalue weighted by atomic mass is 16.5. The minimum Gasteiger partial charge on any atom is -0.380 e. The predicted molar refractivity (Wildman–Crippen MR) is 58.7 cm³/mol. The standard InChI is InChI=1S/C12H21NO2/c1-12(2,3)11(14)9-6-8-4-5-15-7-10(8)13-9/h8-10,13H,4-7H2,1-3H3. The van der Waals surface area contributed by atoms with E-state index in [-0.39, 0.29) is 11.5 Å². The summed E-state index contributed by atoms with van der Waals surface area (Å²) < 4.78 is 5.42. The lowest BCUT2D eigenvalue weighted by Crippen LogP contribution is -2.44. The Balaban J connectivity index is 2.00. The quantitative estimate of drug-likeness (QED) is 0.712. The van der Waals surface area contributed by atoms with Gasteiger partial charge in [0.05, 0.1) is 12.6 Å². The first-order chi connectivity index (χ1) is 6.98. The number of rotatable bonds is 1. The first kappa shape index (κ1) is 11.1. The van der Waals surface area contributed by atoms with Crippen LogP contribution in [0.1, 0.15) is 33.6 Å². The van der Waals surface area contributed by atoms with Gasteiger partial charge in [0.2, 0.25) is 0 Å². The number of hydrogen-bond acceptors (Lipinski definition) is 3. The largest absolute Gasteiger partial charge is 0.380 e. The SMILES string of the molecule is CC(C)(C)C(=O)C1CC2CCOCC2N1. The smallest absolute Gasteiger partial charge is 0.155 e. The molecule has 86 valence electrons. The molecule has 0 aliphatic carbocycles. The Morgan fingerprint density at radius 1 is 1.40 bits per heavy atom. The summed E-state index contributed by atoms with van der Waals surface area (Å²) in [6, 6.07) is 0.469.